The molecule has 19 heavy (non-hydrogen) atoms. The van der Waals surface area contributed by atoms with Crippen LogP contribution in [0, 0.1) is 6.92 Å². The number of ether oxygens (including phenoxy) is 1. The van der Waals surface area contributed by atoms with E-state index in [-0.39, 0.29) is 18.3 Å². The fraction of sp³-hybridized carbons (Fsp3) is 0.385. The minimum Gasteiger partial charge on any atom is -0.399 e. The maximum Gasteiger partial charge on any atom is 0.258 e. The van der Waals surface area contributed by atoms with Crippen molar-refractivity contribution in [2.24, 2.45) is 0 Å². The molecular weight excluding hydrogens is 266 g/mol. The van der Waals surface area contributed by atoms with E-state index in [0.29, 0.717) is 18.2 Å². The van der Waals surface area contributed by atoms with E-state index in [1.807, 2.05) is 25.1 Å². The fourth-order valence-corrected chi connectivity index (χ4v) is 2.12. The Hall–Kier alpha value is -1.59. The number of nitrogen functional groups attached to an aromatic ring is 1. The van der Waals surface area contributed by atoms with Crippen LogP contribution >= 0.6 is 12.4 Å². The zero-order valence-electron chi connectivity index (χ0n) is 10.6. The quantitative estimate of drug-likeness (QED) is 0.856. The van der Waals surface area contributed by atoms with Crippen LogP contribution in [0.1, 0.15) is 23.7 Å². The van der Waals surface area contributed by atoms with Gasteiger partial charge in [-0.2, -0.15) is 4.98 Å². The summed E-state index contributed by atoms with van der Waals surface area (Å²) in [6.45, 7) is 3.44. The Kier molecular flexibility index (Phi) is 4.07. The van der Waals surface area contributed by atoms with Crippen LogP contribution in [0.15, 0.2) is 22.7 Å². The summed E-state index contributed by atoms with van der Waals surface area (Å²) in [5.41, 5.74) is 8.45. The summed E-state index contributed by atoms with van der Waals surface area (Å²) in [4.78, 5) is 4.45. The number of benzene rings is 1. The molecule has 2 aromatic rings. The lowest BCUT2D eigenvalue weighted by Crippen LogP contribution is -1.99. The van der Waals surface area contributed by atoms with E-state index in [1.54, 1.807) is 0 Å². The van der Waals surface area contributed by atoms with E-state index >= 15 is 0 Å². The van der Waals surface area contributed by atoms with Crippen molar-refractivity contribution in [2.75, 3.05) is 18.9 Å². The molecule has 102 valence electrons. The van der Waals surface area contributed by atoms with Gasteiger partial charge in [0, 0.05) is 23.8 Å². The summed E-state index contributed by atoms with van der Waals surface area (Å²) >= 11 is 0. The number of nitrogens with two attached hydrogens (primary N) is 1. The summed E-state index contributed by atoms with van der Waals surface area (Å²) in [6.07, 6.45) is 0.953. The van der Waals surface area contributed by atoms with Gasteiger partial charge in [0.25, 0.3) is 5.89 Å². The second-order valence-corrected chi connectivity index (χ2v) is 4.59. The molecule has 2 heterocycles. The number of nitrogens with zero attached hydrogens (tertiary/aromatic N) is 2. The predicted octanol–water partition coefficient (Wildman–Crippen LogP) is 2.55. The Balaban J connectivity index is 0.00000133. The molecule has 1 aliphatic rings. The van der Waals surface area contributed by atoms with Crippen LogP contribution in [-0.2, 0) is 4.74 Å². The van der Waals surface area contributed by atoms with Gasteiger partial charge in [-0.15, -0.1) is 12.4 Å². The molecule has 1 saturated heterocycles. The van der Waals surface area contributed by atoms with Crippen molar-refractivity contribution in [2.45, 2.75) is 19.3 Å². The highest BCUT2D eigenvalue weighted by Gasteiger charge is 2.23. The molecule has 1 aliphatic heterocycles. The molecule has 1 unspecified atom stereocenters. The fourth-order valence-electron chi connectivity index (χ4n) is 2.12. The molecule has 1 atom stereocenters. The maximum absolute atomic E-state index is 5.78. The third-order valence-corrected chi connectivity index (χ3v) is 3.23. The molecule has 1 aromatic carbocycles. The van der Waals surface area contributed by atoms with E-state index < -0.39 is 0 Å². The SMILES string of the molecule is Cc1ccc(N)cc1-c1nc(C2CCOC2)no1.Cl. The van der Waals surface area contributed by atoms with Crippen LogP contribution in [0.5, 0.6) is 0 Å². The third-order valence-electron chi connectivity index (χ3n) is 3.23. The second kappa shape index (κ2) is 5.59. The molecule has 0 bridgehead atoms. The minimum atomic E-state index is 0. The predicted molar refractivity (Wildman–Crippen MR) is 74.3 cm³/mol. The average molecular weight is 282 g/mol. The number of halogens is 1. The number of aromatic nitrogens is 2. The van der Waals surface area contributed by atoms with Gasteiger partial charge < -0.3 is 15.0 Å². The van der Waals surface area contributed by atoms with E-state index in [2.05, 4.69) is 10.1 Å². The van der Waals surface area contributed by atoms with E-state index in [4.69, 9.17) is 15.0 Å². The lowest BCUT2D eigenvalue weighted by Gasteiger charge is -2.01. The summed E-state index contributed by atoms with van der Waals surface area (Å²) in [5.74, 6) is 1.51. The van der Waals surface area contributed by atoms with Gasteiger partial charge >= 0.3 is 0 Å². The first-order chi connectivity index (χ1) is 8.74. The number of hydrogen-bond donors (Lipinski definition) is 1. The molecule has 0 radical (unpaired) electrons. The van der Waals surface area contributed by atoms with Gasteiger partial charge in [0.2, 0.25) is 0 Å². The van der Waals surface area contributed by atoms with Gasteiger partial charge in [-0.3, -0.25) is 0 Å². The van der Waals surface area contributed by atoms with E-state index in [0.717, 1.165) is 30.0 Å². The minimum absolute atomic E-state index is 0. The lowest BCUT2D eigenvalue weighted by molar-refractivity contribution is 0.192. The van der Waals surface area contributed by atoms with Crippen molar-refractivity contribution in [3.05, 3.63) is 29.6 Å². The van der Waals surface area contributed by atoms with Gasteiger partial charge in [0.15, 0.2) is 5.82 Å². The van der Waals surface area contributed by atoms with Gasteiger partial charge in [-0.25, -0.2) is 0 Å². The lowest BCUT2D eigenvalue weighted by atomic mass is 10.1. The Morgan fingerprint density at radius 3 is 2.95 bits per heavy atom. The first-order valence-electron chi connectivity index (χ1n) is 6.02. The molecule has 0 aliphatic carbocycles. The van der Waals surface area contributed by atoms with Crippen LogP contribution in [0.25, 0.3) is 11.5 Å². The van der Waals surface area contributed by atoms with Gasteiger partial charge in [0.1, 0.15) is 0 Å². The monoisotopic (exact) mass is 281 g/mol. The summed E-state index contributed by atoms with van der Waals surface area (Å²) in [7, 11) is 0. The highest BCUT2D eigenvalue weighted by molar-refractivity contribution is 5.85. The van der Waals surface area contributed by atoms with Gasteiger partial charge in [0.05, 0.1) is 6.61 Å². The zero-order chi connectivity index (χ0) is 12.5. The van der Waals surface area contributed by atoms with Crippen molar-refractivity contribution in [1.82, 2.24) is 10.1 Å². The molecule has 2 N–H and O–H groups in total. The van der Waals surface area contributed by atoms with Gasteiger partial charge in [-0.05, 0) is 31.0 Å². The normalized spacial score (nSPS) is 18.3. The molecule has 5 nitrogen and oxygen atoms in total. The first-order valence-corrected chi connectivity index (χ1v) is 6.02. The van der Waals surface area contributed by atoms with Crippen molar-refractivity contribution in [3.63, 3.8) is 0 Å². The Labute approximate surface area is 117 Å². The van der Waals surface area contributed by atoms with Crippen molar-refractivity contribution >= 4 is 18.1 Å². The molecule has 1 aromatic heterocycles. The van der Waals surface area contributed by atoms with Crippen molar-refractivity contribution in [3.8, 4) is 11.5 Å². The standard InChI is InChI=1S/C13H15N3O2.ClH/c1-8-2-3-10(14)6-11(8)13-15-12(16-18-13)9-4-5-17-7-9;/h2-3,6,9H,4-5,7,14H2,1H3;1H. The Morgan fingerprint density at radius 1 is 1.37 bits per heavy atom. The first kappa shape index (κ1) is 13.8. The van der Waals surface area contributed by atoms with E-state index in [1.165, 1.54) is 0 Å². The number of hydrogen-bond acceptors (Lipinski definition) is 5. The summed E-state index contributed by atoms with van der Waals surface area (Å²) in [5, 5.41) is 4.04. The second-order valence-electron chi connectivity index (χ2n) is 4.59. The molecule has 3 rings (SSSR count). The number of anilines is 1. The van der Waals surface area contributed by atoms with Crippen LogP contribution in [0.3, 0.4) is 0 Å². The summed E-state index contributed by atoms with van der Waals surface area (Å²) in [6, 6.07) is 5.67. The molecular formula is C13H16ClN3O2. The zero-order valence-corrected chi connectivity index (χ0v) is 11.4. The Morgan fingerprint density at radius 2 is 2.21 bits per heavy atom. The van der Waals surface area contributed by atoms with Crippen molar-refractivity contribution < 1.29 is 9.26 Å². The van der Waals surface area contributed by atoms with Crippen LogP contribution in [-0.4, -0.2) is 23.4 Å². The smallest absolute Gasteiger partial charge is 0.258 e. The maximum atomic E-state index is 5.78. The average Bonchev–Trinajstić information content (AvgIpc) is 3.00. The van der Waals surface area contributed by atoms with Crippen LogP contribution in [0.2, 0.25) is 0 Å². The highest BCUT2D eigenvalue weighted by Crippen LogP contribution is 2.28. The van der Waals surface area contributed by atoms with Crippen LogP contribution < -0.4 is 5.73 Å². The topological polar surface area (TPSA) is 74.2 Å². The highest BCUT2D eigenvalue weighted by atomic mass is 35.5. The number of rotatable bonds is 2. The largest absolute Gasteiger partial charge is 0.399 e. The van der Waals surface area contributed by atoms with E-state index in [9.17, 15) is 0 Å². The van der Waals surface area contributed by atoms with Gasteiger partial charge in [-0.1, -0.05) is 11.2 Å². The molecule has 0 saturated carbocycles. The molecule has 0 amide bonds. The molecule has 6 heteroatoms. The number of aryl methyl sites for hydroxylation is 1. The van der Waals surface area contributed by atoms with Crippen LogP contribution in [0.4, 0.5) is 5.69 Å². The third kappa shape index (κ3) is 2.72. The molecule has 1 fully saturated rings. The summed E-state index contributed by atoms with van der Waals surface area (Å²) < 4.78 is 10.7. The molecule has 0 spiro atoms. The Bertz CT molecular complexity index is 565. The van der Waals surface area contributed by atoms with Crippen molar-refractivity contribution in [1.29, 1.82) is 0 Å².